The molecule has 0 fully saturated rings. The molecule has 0 bridgehead atoms. The van der Waals surface area contributed by atoms with E-state index in [0.717, 1.165) is 37.9 Å². The minimum atomic E-state index is -0.464. The van der Waals surface area contributed by atoms with Gasteiger partial charge in [0.2, 0.25) is 0 Å². The topological polar surface area (TPSA) is 161 Å². The van der Waals surface area contributed by atoms with E-state index in [4.69, 9.17) is 11.0 Å². The molecule has 9 nitrogen and oxygen atoms in total. The van der Waals surface area contributed by atoms with Crippen LogP contribution in [0.25, 0.3) is 43.1 Å². The lowest BCUT2D eigenvalue weighted by molar-refractivity contribution is -0.383. The number of non-ortho nitro benzene ring substituents is 1. The van der Waals surface area contributed by atoms with Crippen molar-refractivity contribution in [1.29, 1.82) is 5.26 Å². The third-order valence-electron chi connectivity index (χ3n) is 9.35. The molecule has 296 valence electrons. The van der Waals surface area contributed by atoms with Crippen molar-refractivity contribution in [2.24, 2.45) is 0 Å². The fraction of sp³-hybridized carbons (Fsp3) is 0.100. The van der Waals surface area contributed by atoms with Gasteiger partial charge in [-0.3, -0.25) is 29.3 Å². The van der Waals surface area contributed by atoms with Crippen molar-refractivity contribution in [1.82, 2.24) is 0 Å². The quantitative estimate of drug-likeness (QED) is 0.0780. The molecule has 0 aromatic heterocycles. The SMILES string of the molecule is C.CC(=O)c1cccc2cccc(C#N)c12.CC(=O)c1cccc2cccc(N)c12.CC(=O)c1cccc2cccc([N+](=O)[O-])c12.CC(=O)c1cccc2ccccc12.[HH]. The molecule has 8 aromatic carbocycles. The van der Waals surface area contributed by atoms with E-state index < -0.39 is 4.92 Å². The summed E-state index contributed by atoms with van der Waals surface area (Å²) >= 11 is 0. The number of nitro groups is 1. The zero-order chi connectivity index (χ0) is 41.9. The minimum absolute atomic E-state index is 0. The molecule has 8 aromatic rings. The molecule has 8 rings (SSSR count). The average Bonchev–Trinajstić information content (AvgIpc) is 3.23. The van der Waals surface area contributed by atoms with E-state index >= 15 is 0 Å². The fourth-order valence-electron chi connectivity index (χ4n) is 6.69. The predicted molar refractivity (Wildman–Crippen MR) is 240 cm³/mol. The smallest absolute Gasteiger partial charge is 0.277 e. The maximum absolute atomic E-state index is 11.4. The molecule has 59 heavy (non-hydrogen) atoms. The molecule has 0 spiro atoms. The molecule has 0 radical (unpaired) electrons. The van der Waals surface area contributed by atoms with Gasteiger partial charge >= 0.3 is 0 Å². The Morgan fingerprint density at radius 2 is 0.881 bits per heavy atom. The van der Waals surface area contributed by atoms with Gasteiger partial charge in [0.05, 0.1) is 21.9 Å². The van der Waals surface area contributed by atoms with Gasteiger partial charge in [-0.15, -0.1) is 0 Å². The lowest BCUT2D eigenvalue weighted by Crippen LogP contribution is -1.97. The number of hydrogen-bond donors (Lipinski definition) is 1. The molecule has 0 heterocycles. The number of nitriles is 1. The number of carbonyl (C=O) groups excluding carboxylic acids is 4. The van der Waals surface area contributed by atoms with Crippen LogP contribution in [0.1, 0.15) is 83.5 Å². The highest BCUT2D eigenvalue weighted by Crippen LogP contribution is 2.29. The van der Waals surface area contributed by atoms with Gasteiger partial charge in [-0.1, -0.05) is 141 Å². The van der Waals surface area contributed by atoms with Crippen LogP contribution >= 0.6 is 0 Å². The first-order chi connectivity index (χ1) is 27.8. The Kier molecular flexibility index (Phi) is 14.8. The van der Waals surface area contributed by atoms with Crippen molar-refractivity contribution in [2.75, 3.05) is 5.73 Å². The first-order valence-electron chi connectivity index (χ1n) is 18.2. The molecule has 0 saturated heterocycles. The summed E-state index contributed by atoms with van der Waals surface area (Å²) in [7, 11) is 0. The van der Waals surface area contributed by atoms with Crippen LogP contribution in [0, 0.1) is 21.4 Å². The van der Waals surface area contributed by atoms with Gasteiger partial charge in [0.25, 0.3) is 5.69 Å². The summed E-state index contributed by atoms with van der Waals surface area (Å²) in [6, 6.07) is 48.0. The number of nitrogens with zero attached hydrogens (tertiary/aromatic N) is 2. The highest BCUT2D eigenvalue weighted by molar-refractivity contribution is 6.12. The maximum atomic E-state index is 11.4. The van der Waals surface area contributed by atoms with E-state index in [9.17, 15) is 29.3 Å². The normalized spacial score (nSPS) is 10.0. The van der Waals surface area contributed by atoms with Crippen LogP contribution in [-0.4, -0.2) is 28.1 Å². The van der Waals surface area contributed by atoms with E-state index in [1.54, 1.807) is 62.4 Å². The lowest BCUT2D eigenvalue weighted by Gasteiger charge is -2.05. The summed E-state index contributed by atoms with van der Waals surface area (Å²) in [4.78, 5) is 55.9. The summed E-state index contributed by atoms with van der Waals surface area (Å²) in [5.74, 6) is -0.00602. The molecular weight excluding hydrogens is 739 g/mol. The van der Waals surface area contributed by atoms with Crippen molar-refractivity contribution in [3.63, 3.8) is 0 Å². The van der Waals surface area contributed by atoms with Gasteiger partial charge in [-0.2, -0.15) is 5.26 Å². The molecule has 2 N–H and O–H groups in total. The summed E-state index contributed by atoms with van der Waals surface area (Å²) in [6.07, 6.45) is 0. The number of rotatable bonds is 5. The van der Waals surface area contributed by atoms with E-state index in [-0.39, 0.29) is 37.7 Å². The number of nitro benzene ring substituents is 1. The molecule has 0 atom stereocenters. The molecule has 0 aliphatic rings. The Morgan fingerprint density at radius 1 is 0.508 bits per heavy atom. The number of ketones is 4. The van der Waals surface area contributed by atoms with Crippen LogP contribution in [0.15, 0.2) is 152 Å². The zero-order valence-corrected chi connectivity index (χ0v) is 32.4. The van der Waals surface area contributed by atoms with E-state index in [0.29, 0.717) is 38.7 Å². The number of benzene rings is 8. The van der Waals surface area contributed by atoms with Crippen molar-refractivity contribution in [3.8, 4) is 6.07 Å². The van der Waals surface area contributed by atoms with E-state index in [1.165, 1.54) is 19.9 Å². The first-order valence-corrected chi connectivity index (χ1v) is 18.2. The van der Waals surface area contributed by atoms with Gasteiger partial charge in [-0.05, 0) is 66.8 Å². The number of carbonyl (C=O) groups is 4. The molecular formula is C50H45N3O6. The van der Waals surface area contributed by atoms with Crippen LogP contribution in [-0.2, 0) is 0 Å². The van der Waals surface area contributed by atoms with Crippen LogP contribution in [0.5, 0.6) is 0 Å². The lowest BCUT2D eigenvalue weighted by atomic mass is 9.98. The van der Waals surface area contributed by atoms with Gasteiger partial charge < -0.3 is 5.73 Å². The first kappa shape index (κ1) is 43.9. The van der Waals surface area contributed by atoms with Gasteiger partial charge in [0.1, 0.15) is 0 Å². The van der Waals surface area contributed by atoms with Gasteiger partial charge in [0.15, 0.2) is 23.1 Å². The van der Waals surface area contributed by atoms with Crippen LogP contribution in [0.2, 0.25) is 0 Å². The number of fused-ring (bicyclic) bond motifs is 4. The van der Waals surface area contributed by atoms with Crippen molar-refractivity contribution >= 4 is 77.6 Å². The summed E-state index contributed by atoms with van der Waals surface area (Å²) in [6.45, 7) is 6.08. The minimum Gasteiger partial charge on any atom is -0.398 e. The molecule has 0 amide bonds. The largest absolute Gasteiger partial charge is 0.398 e. The molecule has 0 saturated carbocycles. The Hall–Kier alpha value is -7.83. The third kappa shape index (κ3) is 10.1. The standard InChI is InChI=1S/C13H9NO.C12H9NO3.C12H11NO.C12H10O.CH4.H2/c1-9(15)12-7-3-5-10-4-2-6-11(8-14)13(10)12;1-8(14)10-6-2-4-9-5-3-7-11(12(9)10)13(15)16;1-8(14)10-6-2-4-9-5-3-7-11(13)12(9)10;1-9(13)11-8-4-6-10-5-2-3-7-12(10)11;;/h2-7H,1H3;2-7H,1H3;2-7H,13H2,1H3;2-8H,1H3;1H4;1H. The number of nitrogen functional groups attached to an aromatic ring is 1. The summed E-state index contributed by atoms with van der Waals surface area (Å²) in [5.41, 5.74) is 9.54. The number of anilines is 1. The third-order valence-corrected chi connectivity index (χ3v) is 9.35. The highest BCUT2D eigenvalue weighted by atomic mass is 16.6. The van der Waals surface area contributed by atoms with Crippen molar-refractivity contribution in [3.05, 3.63) is 190 Å². The maximum Gasteiger partial charge on any atom is 0.277 e. The summed E-state index contributed by atoms with van der Waals surface area (Å²) < 4.78 is 0. The second kappa shape index (κ2) is 19.9. The molecule has 0 aliphatic heterocycles. The Labute approximate surface area is 344 Å². The van der Waals surface area contributed by atoms with Gasteiger partial charge in [-0.25, -0.2) is 0 Å². The number of Topliss-reactive ketones (excluding diaryl/α,β-unsaturated/α-hetero) is 4. The summed E-state index contributed by atoms with van der Waals surface area (Å²) in [5, 5.41) is 26.7. The highest BCUT2D eigenvalue weighted by Gasteiger charge is 2.16. The Morgan fingerprint density at radius 3 is 1.39 bits per heavy atom. The second-order valence-corrected chi connectivity index (χ2v) is 13.3. The fourth-order valence-corrected chi connectivity index (χ4v) is 6.69. The number of hydrogen-bond acceptors (Lipinski definition) is 8. The van der Waals surface area contributed by atoms with Crippen LogP contribution in [0.4, 0.5) is 11.4 Å². The molecule has 9 heteroatoms. The molecule has 0 unspecified atom stereocenters. The van der Waals surface area contributed by atoms with Crippen LogP contribution < -0.4 is 5.73 Å². The van der Waals surface area contributed by atoms with E-state index in [1.807, 2.05) is 97.1 Å². The van der Waals surface area contributed by atoms with Crippen molar-refractivity contribution in [2.45, 2.75) is 35.1 Å². The second-order valence-electron chi connectivity index (χ2n) is 13.3. The molecule has 0 aliphatic carbocycles. The Balaban J connectivity index is 0.000000212. The average molecular weight is 784 g/mol. The zero-order valence-electron chi connectivity index (χ0n) is 32.4. The van der Waals surface area contributed by atoms with Crippen molar-refractivity contribution < 1.29 is 25.5 Å². The monoisotopic (exact) mass is 783 g/mol. The number of nitrogens with two attached hydrogens (primary N) is 1. The van der Waals surface area contributed by atoms with E-state index in [2.05, 4.69) is 6.07 Å². The van der Waals surface area contributed by atoms with Crippen LogP contribution in [0.3, 0.4) is 0 Å². The Bertz CT molecular complexity index is 2870. The van der Waals surface area contributed by atoms with Gasteiger partial charge in [0, 0.05) is 46.2 Å². The predicted octanol–water partition coefficient (Wildman–Crippen LogP) is 12.4.